The molecule has 2 aromatic carbocycles. The fraction of sp³-hybridized carbons (Fsp3) is 0.429. The number of rotatable bonds is 10. The van der Waals surface area contributed by atoms with Crippen LogP contribution in [-0.4, -0.2) is 68.7 Å². The first-order valence-electron chi connectivity index (χ1n) is 13.7. The van der Waals surface area contributed by atoms with E-state index in [-0.39, 0.29) is 35.4 Å². The third kappa shape index (κ3) is 6.79. The van der Waals surface area contributed by atoms with Crippen molar-refractivity contribution in [2.45, 2.75) is 62.9 Å². The molecule has 2 unspecified atom stereocenters. The maximum absolute atomic E-state index is 14.3. The molecule has 42 heavy (non-hydrogen) atoms. The average Bonchev–Trinajstić information content (AvgIpc) is 3.44. The summed E-state index contributed by atoms with van der Waals surface area (Å²) in [5.41, 5.74) is 12.1. The second-order valence-corrected chi connectivity index (χ2v) is 12.7. The van der Waals surface area contributed by atoms with E-state index < -0.39 is 40.3 Å². The fourth-order valence-corrected chi connectivity index (χ4v) is 7.86. The summed E-state index contributed by atoms with van der Waals surface area (Å²) in [6.45, 7) is 4.70. The Morgan fingerprint density at radius 1 is 1.14 bits per heavy atom. The van der Waals surface area contributed by atoms with E-state index in [1.54, 1.807) is 43.0 Å². The lowest BCUT2D eigenvalue weighted by Gasteiger charge is -2.37. The first-order chi connectivity index (χ1) is 19.9. The summed E-state index contributed by atoms with van der Waals surface area (Å²) in [6, 6.07) is 7.27. The summed E-state index contributed by atoms with van der Waals surface area (Å²) in [5.74, 6) is -1.61. The van der Waals surface area contributed by atoms with Crippen molar-refractivity contribution in [1.82, 2.24) is 10.2 Å². The zero-order valence-electron chi connectivity index (χ0n) is 23.6. The summed E-state index contributed by atoms with van der Waals surface area (Å²) >= 11 is 6.17. The number of fused-ring (bicyclic) bond motifs is 1. The quantitative estimate of drug-likeness (QED) is 0.179. The van der Waals surface area contributed by atoms with Crippen molar-refractivity contribution in [2.75, 3.05) is 29.3 Å². The number of nitrogens with one attached hydrogen (secondary N) is 2. The van der Waals surface area contributed by atoms with Gasteiger partial charge in [0.15, 0.2) is 5.96 Å². The number of para-hydroxylation sites is 2. The van der Waals surface area contributed by atoms with Crippen LogP contribution >= 0.6 is 11.6 Å². The normalized spacial score (nSPS) is 17.3. The lowest BCUT2D eigenvalue weighted by Crippen LogP contribution is -2.54. The van der Waals surface area contributed by atoms with Gasteiger partial charge < -0.3 is 27.0 Å². The van der Waals surface area contributed by atoms with Crippen LogP contribution in [0.3, 0.4) is 0 Å². The molecule has 0 bridgehead atoms. The van der Waals surface area contributed by atoms with Gasteiger partial charge in [0.05, 0.1) is 22.7 Å². The third-order valence-electron chi connectivity index (χ3n) is 7.30. The molecule has 14 heteroatoms. The number of nitrogens with zero attached hydrogens (tertiary/aromatic N) is 3. The molecular formula is C28H36ClN7O5S. The van der Waals surface area contributed by atoms with E-state index >= 15 is 0 Å². The molecule has 2 heterocycles. The molecule has 1 saturated heterocycles. The number of carbonyl (C=O) groups is 3. The molecule has 2 aliphatic rings. The first-order valence-corrected chi connectivity index (χ1v) is 15.6. The molecule has 2 atom stereocenters. The number of aliphatic imine (C=N–C) groups is 1. The van der Waals surface area contributed by atoms with Crippen molar-refractivity contribution in [1.29, 1.82) is 0 Å². The molecule has 12 nitrogen and oxygen atoms in total. The fourth-order valence-electron chi connectivity index (χ4n) is 5.48. The van der Waals surface area contributed by atoms with Gasteiger partial charge in [0, 0.05) is 24.7 Å². The minimum Gasteiger partial charge on any atom is -0.370 e. The predicted octanol–water partition coefficient (Wildman–Crippen LogP) is 2.02. The van der Waals surface area contributed by atoms with E-state index in [9.17, 15) is 22.8 Å². The number of sulfonamides is 1. The van der Waals surface area contributed by atoms with Gasteiger partial charge in [0.2, 0.25) is 17.7 Å². The monoisotopic (exact) mass is 617 g/mol. The van der Waals surface area contributed by atoms with Crippen LogP contribution in [0, 0.1) is 13.8 Å². The summed E-state index contributed by atoms with van der Waals surface area (Å²) in [5, 5.41) is 5.86. The number of halogens is 1. The molecule has 0 spiro atoms. The number of guanidine groups is 1. The molecule has 0 aliphatic carbocycles. The first kappa shape index (κ1) is 31.1. The van der Waals surface area contributed by atoms with E-state index in [4.69, 9.17) is 23.1 Å². The van der Waals surface area contributed by atoms with Gasteiger partial charge in [-0.2, -0.15) is 0 Å². The molecule has 3 amide bonds. The third-order valence-corrected chi connectivity index (χ3v) is 9.65. The molecule has 0 radical (unpaired) electrons. The highest BCUT2D eigenvalue weighted by atomic mass is 35.5. The van der Waals surface area contributed by atoms with E-state index in [1.807, 2.05) is 0 Å². The molecular weight excluding hydrogens is 582 g/mol. The van der Waals surface area contributed by atoms with Gasteiger partial charge in [-0.1, -0.05) is 23.7 Å². The Morgan fingerprint density at radius 3 is 2.43 bits per heavy atom. The number of aryl methyl sites for hydroxylation is 2. The van der Waals surface area contributed by atoms with Crippen LogP contribution in [0.2, 0.25) is 5.02 Å². The Kier molecular flexibility index (Phi) is 9.62. The van der Waals surface area contributed by atoms with E-state index in [0.717, 1.165) is 17.1 Å². The largest absolute Gasteiger partial charge is 0.370 e. The Balaban J connectivity index is 1.64. The van der Waals surface area contributed by atoms with Gasteiger partial charge in [0.1, 0.15) is 12.1 Å². The van der Waals surface area contributed by atoms with Crippen molar-refractivity contribution in [3.63, 3.8) is 0 Å². The number of carbonyl (C=O) groups excluding carboxylic acids is 3. The number of hydrogen-bond acceptors (Lipinski definition) is 6. The van der Waals surface area contributed by atoms with Crippen molar-refractivity contribution in [3.8, 4) is 0 Å². The van der Waals surface area contributed by atoms with Crippen molar-refractivity contribution >= 4 is 56.7 Å². The number of amides is 3. The topological polar surface area (TPSA) is 180 Å². The van der Waals surface area contributed by atoms with Crippen molar-refractivity contribution < 1.29 is 22.8 Å². The van der Waals surface area contributed by atoms with E-state index in [1.165, 1.54) is 12.1 Å². The zero-order chi connectivity index (χ0) is 30.6. The summed E-state index contributed by atoms with van der Waals surface area (Å²) in [4.78, 5) is 45.7. The van der Waals surface area contributed by atoms with Crippen LogP contribution in [0.15, 0.2) is 46.3 Å². The Bertz CT molecular complexity index is 1480. The predicted molar refractivity (Wildman–Crippen MR) is 162 cm³/mol. The van der Waals surface area contributed by atoms with Gasteiger partial charge in [-0.3, -0.25) is 23.7 Å². The molecule has 0 saturated carbocycles. The standard InChI is InChI=1S/C28H36ClN7O5S/c1-17-14-19(29)15-18(2)25(17)42(40,41)36-22-10-4-3-8-20(22)34-26(38)23(36)16-24(37)33-21(9-7-11-32-28(30)31)27(39)35-12-5-6-13-35/h3-4,8,10,14-15,21,23H,5-7,9,11-13,16H2,1-2H3,(H,33,37)(H,34,38)(H4,30,31,32). The number of anilines is 2. The molecule has 2 aliphatic heterocycles. The smallest absolute Gasteiger partial charge is 0.265 e. The van der Waals surface area contributed by atoms with Crippen molar-refractivity contribution in [3.05, 3.63) is 52.5 Å². The summed E-state index contributed by atoms with van der Waals surface area (Å²) < 4.78 is 29.5. The lowest BCUT2D eigenvalue weighted by molar-refractivity contribution is -0.136. The minimum atomic E-state index is -4.34. The van der Waals surface area contributed by atoms with Crippen LogP contribution in [0.5, 0.6) is 0 Å². The number of hydrogen-bond donors (Lipinski definition) is 4. The number of benzene rings is 2. The highest BCUT2D eigenvalue weighted by Crippen LogP contribution is 2.39. The summed E-state index contributed by atoms with van der Waals surface area (Å²) in [6.07, 6.45) is 1.93. The molecule has 226 valence electrons. The Morgan fingerprint density at radius 2 is 1.79 bits per heavy atom. The molecule has 4 rings (SSSR count). The molecule has 1 fully saturated rings. The second kappa shape index (κ2) is 13.0. The summed E-state index contributed by atoms with van der Waals surface area (Å²) in [7, 11) is -4.34. The van der Waals surface area contributed by atoms with Crippen LogP contribution in [0.1, 0.15) is 43.2 Å². The van der Waals surface area contributed by atoms with Crippen LogP contribution in [-0.2, 0) is 24.4 Å². The van der Waals surface area contributed by atoms with Gasteiger partial charge >= 0.3 is 0 Å². The highest BCUT2D eigenvalue weighted by Gasteiger charge is 2.43. The number of likely N-dealkylation sites (tertiary alicyclic amines) is 1. The maximum Gasteiger partial charge on any atom is 0.265 e. The lowest BCUT2D eigenvalue weighted by atomic mass is 10.1. The van der Waals surface area contributed by atoms with Crippen molar-refractivity contribution in [2.24, 2.45) is 16.5 Å². The minimum absolute atomic E-state index is 0.00336. The van der Waals surface area contributed by atoms with E-state index in [0.29, 0.717) is 41.3 Å². The average molecular weight is 618 g/mol. The molecule has 6 N–H and O–H groups in total. The molecule has 0 aromatic heterocycles. The highest BCUT2D eigenvalue weighted by molar-refractivity contribution is 7.93. The SMILES string of the molecule is Cc1cc(Cl)cc(C)c1S(=O)(=O)N1c2ccccc2NC(=O)C1CC(=O)NC(CCCN=C(N)N)C(=O)N1CCCC1. The Labute approximate surface area is 250 Å². The van der Waals surface area contributed by atoms with Crippen LogP contribution < -0.4 is 26.4 Å². The number of nitrogens with two attached hydrogens (primary N) is 2. The van der Waals surface area contributed by atoms with Gasteiger partial charge in [-0.25, -0.2) is 8.42 Å². The Hall–Kier alpha value is -3.84. The maximum atomic E-state index is 14.3. The second-order valence-electron chi connectivity index (χ2n) is 10.5. The molecule has 2 aromatic rings. The van der Waals surface area contributed by atoms with Gasteiger partial charge in [-0.05, 0) is 74.9 Å². The zero-order valence-corrected chi connectivity index (χ0v) is 25.2. The van der Waals surface area contributed by atoms with Gasteiger partial charge in [-0.15, -0.1) is 0 Å². The van der Waals surface area contributed by atoms with E-state index in [2.05, 4.69) is 15.6 Å². The van der Waals surface area contributed by atoms with Gasteiger partial charge in [0.25, 0.3) is 10.0 Å². The van der Waals surface area contributed by atoms with Crippen LogP contribution in [0.4, 0.5) is 11.4 Å². The van der Waals surface area contributed by atoms with Crippen LogP contribution in [0.25, 0.3) is 0 Å².